The van der Waals surface area contributed by atoms with Crippen molar-refractivity contribution in [1.82, 2.24) is 10.6 Å². The molecular formula is C12H28N2. The molecule has 0 saturated carbocycles. The van der Waals surface area contributed by atoms with Crippen LogP contribution in [0.25, 0.3) is 0 Å². The lowest BCUT2D eigenvalue weighted by atomic mass is 9.76. The summed E-state index contributed by atoms with van der Waals surface area (Å²) < 4.78 is 0. The van der Waals surface area contributed by atoms with Crippen LogP contribution >= 0.6 is 0 Å². The fraction of sp³-hybridized carbons (Fsp3) is 1.00. The molecule has 14 heavy (non-hydrogen) atoms. The summed E-state index contributed by atoms with van der Waals surface area (Å²) in [4.78, 5) is 0. The second-order valence-electron chi connectivity index (χ2n) is 3.88. The predicted molar refractivity (Wildman–Crippen MR) is 64.7 cm³/mol. The lowest BCUT2D eigenvalue weighted by molar-refractivity contribution is 0.187. The van der Waals surface area contributed by atoms with Gasteiger partial charge in [0.15, 0.2) is 0 Å². The summed E-state index contributed by atoms with van der Waals surface area (Å²) >= 11 is 0. The van der Waals surface area contributed by atoms with Crippen LogP contribution in [0.1, 0.15) is 47.0 Å². The third-order valence-electron chi connectivity index (χ3n) is 3.16. The first-order chi connectivity index (χ1) is 6.83. The van der Waals surface area contributed by atoms with Crippen LogP contribution in [-0.2, 0) is 0 Å². The molecule has 0 aliphatic carbocycles. The number of nitrogens with one attached hydrogen (secondary N) is 2. The summed E-state index contributed by atoms with van der Waals surface area (Å²) in [5.41, 5.74) is 0.598. The minimum Gasteiger partial charge on any atom is -0.317 e. The van der Waals surface area contributed by atoms with Crippen molar-refractivity contribution in [3.8, 4) is 0 Å². The molecule has 0 radical (unpaired) electrons. The van der Waals surface area contributed by atoms with Crippen molar-refractivity contribution >= 4 is 0 Å². The summed E-state index contributed by atoms with van der Waals surface area (Å²) in [5.74, 6) is 0. The molecule has 1 rings (SSSR count). The first-order valence-corrected chi connectivity index (χ1v) is 6.24. The third-order valence-corrected chi connectivity index (χ3v) is 3.16. The van der Waals surface area contributed by atoms with Gasteiger partial charge in [0.1, 0.15) is 0 Å². The van der Waals surface area contributed by atoms with Crippen molar-refractivity contribution in [2.45, 2.75) is 47.0 Å². The van der Waals surface area contributed by atoms with Crippen LogP contribution in [0.3, 0.4) is 0 Å². The molecular weight excluding hydrogens is 172 g/mol. The molecule has 1 heterocycles. The number of piperidine rings is 1. The molecule has 0 amide bonds. The lowest BCUT2D eigenvalue weighted by Crippen LogP contribution is -2.42. The van der Waals surface area contributed by atoms with E-state index in [1.165, 1.54) is 38.9 Å². The number of rotatable bonds is 4. The molecule has 2 N–H and O–H groups in total. The van der Waals surface area contributed by atoms with Gasteiger partial charge in [-0.05, 0) is 44.3 Å². The smallest absolute Gasteiger partial charge is 0.000854 e. The van der Waals surface area contributed by atoms with Gasteiger partial charge < -0.3 is 10.6 Å². The predicted octanol–water partition coefficient (Wildman–Crippen LogP) is 2.40. The minimum absolute atomic E-state index is 0.598. The third kappa shape index (κ3) is 4.43. The zero-order valence-corrected chi connectivity index (χ0v) is 10.4. The van der Waals surface area contributed by atoms with Crippen LogP contribution in [-0.4, -0.2) is 26.2 Å². The van der Waals surface area contributed by atoms with Crippen molar-refractivity contribution in [2.75, 3.05) is 26.2 Å². The van der Waals surface area contributed by atoms with Crippen molar-refractivity contribution < 1.29 is 0 Å². The maximum Gasteiger partial charge on any atom is 0.000854 e. The highest BCUT2D eigenvalue weighted by Crippen LogP contribution is 2.31. The van der Waals surface area contributed by atoms with Crippen LogP contribution < -0.4 is 10.6 Å². The monoisotopic (exact) mass is 200 g/mol. The SMILES string of the molecule is CC.CCNCC1(CC)CCNCC1. The van der Waals surface area contributed by atoms with E-state index in [2.05, 4.69) is 24.5 Å². The summed E-state index contributed by atoms with van der Waals surface area (Å²) in [6, 6.07) is 0. The van der Waals surface area contributed by atoms with Gasteiger partial charge in [-0.15, -0.1) is 0 Å². The zero-order valence-electron chi connectivity index (χ0n) is 10.4. The molecule has 0 bridgehead atoms. The van der Waals surface area contributed by atoms with Gasteiger partial charge in [0.05, 0.1) is 0 Å². The summed E-state index contributed by atoms with van der Waals surface area (Å²) in [6.45, 7) is 13.2. The quantitative estimate of drug-likeness (QED) is 0.728. The molecule has 2 heteroatoms. The largest absolute Gasteiger partial charge is 0.317 e. The van der Waals surface area contributed by atoms with E-state index in [9.17, 15) is 0 Å². The van der Waals surface area contributed by atoms with Gasteiger partial charge in [0.2, 0.25) is 0 Å². The fourth-order valence-corrected chi connectivity index (χ4v) is 2.00. The molecule has 0 aromatic carbocycles. The maximum atomic E-state index is 3.48. The molecule has 0 atom stereocenters. The van der Waals surface area contributed by atoms with E-state index in [1.807, 2.05) is 13.8 Å². The van der Waals surface area contributed by atoms with Crippen molar-refractivity contribution in [1.29, 1.82) is 0 Å². The van der Waals surface area contributed by atoms with Gasteiger partial charge in [0, 0.05) is 6.54 Å². The zero-order chi connectivity index (χ0) is 10.9. The Morgan fingerprint density at radius 2 is 1.71 bits per heavy atom. The molecule has 86 valence electrons. The molecule has 1 aliphatic rings. The Kier molecular flexibility index (Phi) is 8.20. The normalized spacial score (nSPS) is 19.7. The minimum atomic E-state index is 0.598. The molecule has 0 unspecified atom stereocenters. The van der Waals surface area contributed by atoms with Crippen LogP contribution in [0.5, 0.6) is 0 Å². The molecule has 1 fully saturated rings. The topological polar surface area (TPSA) is 24.1 Å². The van der Waals surface area contributed by atoms with Crippen molar-refractivity contribution in [2.24, 2.45) is 5.41 Å². The van der Waals surface area contributed by atoms with E-state index in [-0.39, 0.29) is 0 Å². The van der Waals surface area contributed by atoms with Crippen molar-refractivity contribution in [3.63, 3.8) is 0 Å². The van der Waals surface area contributed by atoms with E-state index in [0.29, 0.717) is 5.41 Å². The van der Waals surface area contributed by atoms with Crippen LogP contribution in [0.4, 0.5) is 0 Å². The Balaban J connectivity index is 0.000000791. The number of hydrogen-bond donors (Lipinski definition) is 2. The van der Waals surface area contributed by atoms with Gasteiger partial charge >= 0.3 is 0 Å². The molecule has 2 nitrogen and oxygen atoms in total. The van der Waals surface area contributed by atoms with E-state index in [1.54, 1.807) is 0 Å². The van der Waals surface area contributed by atoms with Crippen molar-refractivity contribution in [3.05, 3.63) is 0 Å². The van der Waals surface area contributed by atoms with Crippen LogP contribution in [0.2, 0.25) is 0 Å². The van der Waals surface area contributed by atoms with E-state index >= 15 is 0 Å². The van der Waals surface area contributed by atoms with Gasteiger partial charge in [-0.3, -0.25) is 0 Å². The highest BCUT2D eigenvalue weighted by molar-refractivity contribution is 4.85. The number of hydrogen-bond acceptors (Lipinski definition) is 2. The fourth-order valence-electron chi connectivity index (χ4n) is 2.00. The standard InChI is InChI=1S/C10H22N2.C2H6/c1-3-10(9-11-4-2)5-7-12-8-6-10;1-2/h11-12H,3-9H2,1-2H3;1-2H3. The first-order valence-electron chi connectivity index (χ1n) is 6.24. The van der Waals surface area contributed by atoms with E-state index in [0.717, 1.165) is 6.54 Å². The second-order valence-corrected chi connectivity index (χ2v) is 3.88. The lowest BCUT2D eigenvalue weighted by Gasteiger charge is -2.37. The van der Waals surface area contributed by atoms with Crippen LogP contribution in [0.15, 0.2) is 0 Å². The average molecular weight is 200 g/mol. The molecule has 0 aromatic heterocycles. The highest BCUT2D eigenvalue weighted by atomic mass is 14.9. The Bertz CT molecular complexity index is 117. The Hall–Kier alpha value is -0.0800. The van der Waals surface area contributed by atoms with Gasteiger partial charge in [-0.1, -0.05) is 27.7 Å². The molecule has 1 saturated heterocycles. The summed E-state index contributed by atoms with van der Waals surface area (Å²) in [5, 5.41) is 6.90. The summed E-state index contributed by atoms with van der Waals surface area (Å²) in [7, 11) is 0. The first kappa shape index (κ1) is 13.9. The summed E-state index contributed by atoms with van der Waals surface area (Å²) in [6.07, 6.45) is 4.01. The van der Waals surface area contributed by atoms with E-state index in [4.69, 9.17) is 0 Å². The van der Waals surface area contributed by atoms with Crippen LogP contribution in [0, 0.1) is 5.41 Å². The molecule has 0 aromatic rings. The van der Waals surface area contributed by atoms with E-state index < -0.39 is 0 Å². The van der Waals surface area contributed by atoms with Gasteiger partial charge in [-0.2, -0.15) is 0 Å². The maximum absolute atomic E-state index is 3.48. The average Bonchev–Trinajstić information content (AvgIpc) is 2.30. The Labute approximate surface area is 89.9 Å². The molecule has 1 aliphatic heterocycles. The van der Waals surface area contributed by atoms with Gasteiger partial charge in [0.25, 0.3) is 0 Å². The Morgan fingerprint density at radius 1 is 1.14 bits per heavy atom. The Morgan fingerprint density at radius 3 is 2.14 bits per heavy atom. The highest BCUT2D eigenvalue weighted by Gasteiger charge is 2.29. The van der Waals surface area contributed by atoms with Gasteiger partial charge in [-0.25, -0.2) is 0 Å². The second kappa shape index (κ2) is 8.25. The molecule has 0 spiro atoms.